The van der Waals surface area contributed by atoms with Crippen LogP contribution in [0.15, 0.2) is 63.5 Å². The summed E-state index contributed by atoms with van der Waals surface area (Å²) in [6.07, 6.45) is 5.29. The number of nitrogens with zero attached hydrogens (tertiary/aromatic N) is 1. The molecule has 0 spiro atoms. The largest absolute Gasteiger partial charge is 0.457 e. The number of halogens is 1. The molecule has 34 heavy (non-hydrogen) atoms. The number of likely N-dealkylation sites (tertiary alicyclic amines) is 1. The monoisotopic (exact) mass is 519 g/mol. The lowest BCUT2D eigenvalue weighted by Gasteiger charge is -2.32. The highest BCUT2D eigenvalue weighted by Gasteiger charge is 2.26. The quantitative estimate of drug-likeness (QED) is 0.441. The van der Waals surface area contributed by atoms with Crippen LogP contribution in [0.1, 0.15) is 40.9 Å². The van der Waals surface area contributed by atoms with E-state index in [1.165, 1.54) is 12.8 Å². The van der Waals surface area contributed by atoms with Crippen LogP contribution in [0.5, 0.6) is 0 Å². The number of fused-ring (bicyclic) bond motifs is 1. The first kappa shape index (κ1) is 22.6. The first-order chi connectivity index (χ1) is 16.5. The number of furan rings is 1. The number of carbonyl (C=O) groups excluding carboxylic acids is 2. The van der Waals surface area contributed by atoms with Crippen LogP contribution in [0.4, 0.5) is 5.69 Å². The summed E-state index contributed by atoms with van der Waals surface area (Å²) in [5.74, 6) is 0.958. The number of rotatable bonds is 5. The standard InChI is InChI=1S/C27H26BrN3O3/c1-31-13-3-2-8-19(31)16-29-26(32)18-7-4-6-17(14-18)24-12-11-20(34-24)15-21-25-22(28)9-5-10-23(25)30-27(21)33/h4-7,9-12,14-15,19H,2-3,8,13,16H2,1H3,(H,29,32)(H,30,33). The molecule has 3 heterocycles. The number of amides is 2. The van der Waals surface area contributed by atoms with Crippen molar-refractivity contribution < 1.29 is 14.0 Å². The maximum Gasteiger partial charge on any atom is 0.256 e. The van der Waals surface area contributed by atoms with Gasteiger partial charge >= 0.3 is 0 Å². The maximum atomic E-state index is 12.8. The fourth-order valence-electron chi connectivity index (χ4n) is 4.60. The number of nitrogens with one attached hydrogen (secondary N) is 2. The minimum Gasteiger partial charge on any atom is -0.457 e. The van der Waals surface area contributed by atoms with Gasteiger partial charge < -0.3 is 20.0 Å². The highest BCUT2D eigenvalue weighted by Crippen LogP contribution is 2.38. The fraction of sp³-hybridized carbons (Fsp3) is 0.259. The van der Waals surface area contributed by atoms with Crippen molar-refractivity contribution in [2.45, 2.75) is 25.3 Å². The van der Waals surface area contributed by atoms with Gasteiger partial charge in [0.2, 0.25) is 0 Å². The Balaban J connectivity index is 1.32. The van der Waals surface area contributed by atoms with Crippen molar-refractivity contribution in [2.75, 3.05) is 25.5 Å². The lowest BCUT2D eigenvalue weighted by atomic mass is 10.0. The molecule has 2 aliphatic heterocycles. The molecule has 0 radical (unpaired) electrons. The smallest absolute Gasteiger partial charge is 0.256 e. The van der Waals surface area contributed by atoms with E-state index in [1.54, 1.807) is 6.08 Å². The number of benzene rings is 2. The van der Waals surface area contributed by atoms with Crippen molar-refractivity contribution in [3.8, 4) is 11.3 Å². The molecular formula is C27H26BrN3O3. The lowest BCUT2D eigenvalue weighted by Crippen LogP contribution is -2.44. The summed E-state index contributed by atoms with van der Waals surface area (Å²) >= 11 is 3.53. The molecule has 5 rings (SSSR count). The molecule has 0 aliphatic carbocycles. The second-order valence-corrected chi connectivity index (χ2v) is 9.65. The van der Waals surface area contributed by atoms with Crippen LogP contribution in [0.25, 0.3) is 23.0 Å². The fourth-order valence-corrected chi connectivity index (χ4v) is 5.18. The Kier molecular flexibility index (Phi) is 6.39. The van der Waals surface area contributed by atoms with Crippen molar-refractivity contribution in [1.82, 2.24) is 10.2 Å². The second-order valence-electron chi connectivity index (χ2n) is 8.80. The summed E-state index contributed by atoms with van der Waals surface area (Å²) < 4.78 is 6.88. The van der Waals surface area contributed by atoms with Gasteiger partial charge in [0.05, 0.1) is 11.3 Å². The maximum absolute atomic E-state index is 12.8. The van der Waals surface area contributed by atoms with Crippen LogP contribution < -0.4 is 10.6 Å². The Morgan fingerprint density at radius 3 is 2.91 bits per heavy atom. The molecule has 0 bridgehead atoms. The molecule has 1 fully saturated rings. The molecule has 2 amide bonds. The lowest BCUT2D eigenvalue weighted by molar-refractivity contribution is -0.110. The van der Waals surface area contributed by atoms with Gasteiger partial charge in [-0.1, -0.05) is 40.5 Å². The second kappa shape index (κ2) is 9.60. The number of hydrogen-bond acceptors (Lipinski definition) is 4. The summed E-state index contributed by atoms with van der Waals surface area (Å²) in [6.45, 7) is 1.73. The summed E-state index contributed by atoms with van der Waals surface area (Å²) in [4.78, 5) is 27.6. The number of likely N-dealkylation sites (N-methyl/N-ethyl adjacent to an activating group) is 1. The van der Waals surface area contributed by atoms with E-state index in [4.69, 9.17) is 4.42 Å². The Bertz CT molecular complexity index is 1280. The van der Waals surface area contributed by atoms with E-state index >= 15 is 0 Å². The number of hydrogen-bond donors (Lipinski definition) is 2. The summed E-state index contributed by atoms with van der Waals surface area (Å²) in [5, 5.41) is 5.96. The Morgan fingerprint density at radius 1 is 1.21 bits per heavy atom. The molecule has 0 saturated carbocycles. The molecular weight excluding hydrogens is 494 g/mol. The third-order valence-corrected chi connectivity index (χ3v) is 7.18. The van der Waals surface area contributed by atoms with Gasteiger partial charge in [0.15, 0.2) is 0 Å². The van der Waals surface area contributed by atoms with Crippen LogP contribution in [-0.4, -0.2) is 42.9 Å². The molecule has 1 aromatic heterocycles. The van der Waals surface area contributed by atoms with Crippen molar-refractivity contribution in [1.29, 1.82) is 0 Å². The molecule has 6 nitrogen and oxygen atoms in total. The van der Waals surface area contributed by atoms with Crippen molar-refractivity contribution >= 4 is 45.1 Å². The zero-order valence-corrected chi connectivity index (χ0v) is 20.5. The Labute approximate surface area is 207 Å². The number of piperidine rings is 1. The van der Waals surface area contributed by atoms with Gasteiger partial charge in [-0.05, 0) is 68.9 Å². The van der Waals surface area contributed by atoms with Crippen LogP contribution in [0.2, 0.25) is 0 Å². The van der Waals surface area contributed by atoms with Crippen molar-refractivity contribution in [3.63, 3.8) is 0 Å². The molecule has 174 valence electrons. The van der Waals surface area contributed by atoms with Gasteiger partial charge in [-0.25, -0.2) is 0 Å². The van der Waals surface area contributed by atoms with E-state index < -0.39 is 0 Å². The molecule has 1 saturated heterocycles. The summed E-state index contributed by atoms with van der Waals surface area (Å²) in [5.41, 5.74) is 3.55. The third kappa shape index (κ3) is 4.58. The van der Waals surface area contributed by atoms with Crippen LogP contribution in [-0.2, 0) is 4.79 Å². The van der Waals surface area contributed by atoms with E-state index in [1.807, 2.05) is 54.6 Å². The Hall–Kier alpha value is -3.16. The first-order valence-corrected chi connectivity index (χ1v) is 12.3. The van der Waals surface area contributed by atoms with Gasteiger partial charge in [-0.15, -0.1) is 0 Å². The highest BCUT2D eigenvalue weighted by molar-refractivity contribution is 9.10. The van der Waals surface area contributed by atoms with Crippen LogP contribution in [0, 0.1) is 0 Å². The third-order valence-electron chi connectivity index (χ3n) is 6.52. The predicted molar refractivity (Wildman–Crippen MR) is 137 cm³/mol. The zero-order chi connectivity index (χ0) is 23.7. The average Bonchev–Trinajstić information content (AvgIpc) is 3.44. The van der Waals surface area contributed by atoms with E-state index in [9.17, 15) is 9.59 Å². The molecule has 2 N–H and O–H groups in total. The van der Waals surface area contributed by atoms with Crippen LogP contribution in [0.3, 0.4) is 0 Å². The first-order valence-electron chi connectivity index (χ1n) is 11.5. The van der Waals surface area contributed by atoms with Gasteiger partial charge in [-0.3, -0.25) is 9.59 Å². The normalized spacial score (nSPS) is 19.2. The minimum absolute atomic E-state index is 0.0844. The van der Waals surface area contributed by atoms with Crippen LogP contribution >= 0.6 is 15.9 Å². The van der Waals surface area contributed by atoms with Crippen molar-refractivity contribution in [3.05, 3.63) is 76.0 Å². The van der Waals surface area contributed by atoms with Crippen molar-refractivity contribution in [2.24, 2.45) is 0 Å². The molecule has 3 aromatic rings. The average molecular weight is 520 g/mol. The van der Waals surface area contributed by atoms with Gasteiger partial charge in [0.1, 0.15) is 11.5 Å². The summed E-state index contributed by atoms with van der Waals surface area (Å²) in [6, 6.07) is 17.2. The Morgan fingerprint density at radius 2 is 2.06 bits per heavy atom. The topological polar surface area (TPSA) is 74.6 Å². The predicted octanol–water partition coefficient (Wildman–Crippen LogP) is 5.42. The number of anilines is 1. The molecule has 2 aliphatic rings. The van der Waals surface area contributed by atoms with E-state index in [0.29, 0.717) is 35.2 Å². The molecule has 2 aromatic carbocycles. The van der Waals surface area contributed by atoms with Gasteiger partial charge in [0, 0.05) is 33.7 Å². The molecule has 7 heteroatoms. The SMILES string of the molecule is CN1CCCCC1CNC(=O)c1cccc(-c2ccc(C=C3C(=O)Nc4cccc(Br)c43)o2)c1. The van der Waals surface area contributed by atoms with Gasteiger partial charge in [0.25, 0.3) is 11.8 Å². The van der Waals surface area contributed by atoms with E-state index in [2.05, 4.69) is 38.5 Å². The number of carbonyl (C=O) groups is 2. The zero-order valence-electron chi connectivity index (χ0n) is 18.9. The van der Waals surface area contributed by atoms with E-state index in [-0.39, 0.29) is 11.8 Å². The van der Waals surface area contributed by atoms with Gasteiger partial charge in [-0.2, -0.15) is 0 Å². The summed E-state index contributed by atoms with van der Waals surface area (Å²) in [7, 11) is 2.12. The van der Waals surface area contributed by atoms with E-state index in [0.717, 1.165) is 34.3 Å². The molecule has 1 atom stereocenters. The molecule has 1 unspecified atom stereocenters. The highest BCUT2D eigenvalue weighted by atomic mass is 79.9. The minimum atomic E-state index is -0.165.